The van der Waals surface area contributed by atoms with Crippen LogP contribution in [0.2, 0.25) is 0 Å². The maximum Gasteiger partial charge on any atom is 0.335 e. The SMILES string of the molecule is CCCC1CC1n1c(C2CC2)nc2ccc(C(=O)O)cc21. The van der Waals surface area contributed by atoms with Crippen molar-refractivity contribution in [1.82, 2.24) is 9.55 Å². The van der Waals surface area contributed by atoms with Gasteiger partial charge in [-0.05, 0) is 49.8 Å². The molecule has 2 aliphatic carbocycles. The summed E-state index contributed by atoms with van der Waals surface area (Å²) in [5, 5.41) is 9.22. The number of rotatable bonds is 5. The van der Waals surface area contributed by atoms with Gasteiger partial charge < -0.3 is 9.67 Å². The standard InChI is InChI=1S/C17H20N2O2/c1-2-3-11-8-14(11)19-15-9-12(17(20)21)6-7-13(15)18-16(19)10-4-5-10/h6-7,9-11,14H,2-5,8H2,1H3,(H,20,21). The van der Waals surface area contributed by atoms with Crippen LogP contribution in [0.15, 0.2) is 18.2 Å². The van der Waals surface area contributed by atoms with Crippen LogP contribution in [0.5, 0.6) is 0 Å². The molecule has 4 rings (SSSR count). The van der Waals surface area contributed by atoms with Crippen LogP contribution in [0.3, 0.4) is 0 Å². The zero-order chi connectivity index (χ0) is 14.6. The quantitative estimate of drug-likeness (QED) is 0.903. The minimum absolute atomic E-state index is 0.360. The number of benzene rings is 1. The van der Waals surface area contributed by atoms with Crippen LogP contribution >= 0.6 is 0 Å². The van der Waals surface area contributed by atoms with Gasteiger partial charge in [-0.1, -0.05) is 13.3 Å². The largest absolute Gasteiger partial charge is 0.478 e. The first kappa shape index (κ1) is 12.9. The van der Waals surface area contributed by atoms with Crippen molar-refractivity contribution in [3.05, 3.63) is 29.6 Å². The average molecular weight is 284 g/mol. The molecular weight excluding hydrogens is 264 g/mol. The lowest BCUT2D eigenvalue weighted by atomic mass is 10.2. The zero-order valence-electron chi connectivity index (χ0n) is 12.2. The van der Waals surface area contributed by atoms with E-state index in [-0.39, 0.29) is 0 Å². The van der Waals surface area contributed by atoms with Gasteiger partial charge in [-0.2, -0.15) is 0 Å². The van der Waals surface area contributed by atoms with E-state index in [4.69, 9.17) is 4.98 Å². The van der Waals surface area contributed by atoms with Crippen LogP contribution in [0.4, 0.5) is 0 Å². The number of hydrogen-bond donors (Lipinski definition) is 1. The van der Waals surface area contributed by atoms with Gasteiger partial charge in [0.2, 0.25) is 0 Å². The molecule has 0 amide bonds. The number of hydrogen-bond acceptors (Lipinski definition) is 2. The normalized spacial score (nSPS) is 24.4. The minimum atomic E-state index is -0.862. The Balaban J connectivity index is 1.82. The Bertz CT molecular complexity index is 715. The molecule has 0 aliphatic heterocycles. The Labute approximate surface area is 123 Å². The Morgan fingerprint density at radius 1 is 1.43 bits per heavy atom. The second-order valence-corrected chi connectivity index (χ2v) is 6.47. The number of carboxylic acid groups (broad SMARTS) is 1. The molecule has 4 heteroatoms. The second-order valence-electron chi connectivity index (χ2n) is 6.47. The first-order chi connectivity index (χ1) is 10.2. The fraction of sp³-hybridized carbons (Fsp3) is 0.529. The highest BCUT2D eigenvalue weighted by Crippen LogP contribution is 2.51. The molecule has 1 aromatic heterocycles. The molecule has 4 nitrogen and oxygen atoms in total. The molecule has 110 valence electrons. The zero-order valence-corrected chi connectivity index (χ0v) is 12.2. The Morgan fingerprint density at radius 2 is 2.24 bits per heavy atom. The van der Waals surface area contributed by atoms with Gasteiger partial charge in [0.15, 0.2) is 0 Å². The fourth-order valence-corrected chi connectivity index (χ4v) is 3.45. The molecule has 0 bridgehead atoms. The maximum atomic E-state index is 11.2. The number of carboxylic acids is 1. The number of imidazole rings is 1. The monoisotopic (exact) mass is 284 g/mol. The van der Waals surface area contributed by atoms with Gasteiger partial charge in [-0.15, -0.1) is 0 Å². The second kappa shape index (κ2) is 4.58. The number of nitrogens with zero attached hydrogens (tertiary/aromatic N) is 2. The lowest BCUT2D eigenvalue weighted by Crippen LogP contribution is -2.03. The maximum absolute atomic E-state index is 11.2. The van der Waals surface area contributed by atoms with Crippen LogP contribution in [0.1, 0.15) is 67.2 Å². The van der Waals surface area contributed by atoms with E-state index in [1.165, 1.54) is 37.9 Å². The van der Waals surface area contributed by atoms with Crippen molar-refractivity contribution < 1.29 is 9.90 Å². The van der Waals surface area contributed by atoms with Crippen molar-refractivity contribution in [1.29, 1.82) is 0 Å². The first-order valence-electron chi connectivity index (χ1n) is 7.94. The molecule has 2 atom stereocenters. The molecule has 2 saturated carbocycles. The van der Waals surface area contributed by atoms with E-state index in [0.29, 0.717) is 17.5 Å². The summed E-state index contributed by atoms with van der Waals surface area (Å²) >= 11 is 0. The van der Waals surface area contributed by atoms with Crippen molar-refractivity contribution in [3.63, 3.8) is 0 Å². The van der Waals surface area contributed by atoms with Crippen LogP contribution in [0.25, 0.3) is 11.0 Å². The third-order valence-corrected chi connectivity index (χ3v) is 4.78. The number of aromatic nitrogens is 2. The Kier molecular flexibility index (Phi) is 2.81. The van der Waals surface area contributed by atoms with E-state index >= 15 is 0 Å². The number of fused-ring (bicyclic) bond motifs is 1. The molecule has 1 aromatic carbocycles. The summed E-state index contributed by atoms with van der Waals surface area (Å²) in [6.07, 6.45) is 6.14. The van der Waals surface area contributed by atoms with Gasteiger partial charge in [0.1, 0.15) is 5.82 Å². The predicted molar refractivity (Wildman–Crippen MR) is 80.7 cm³/mol. The van der Waals surface area contributed by atoms with Crippen LogP contribution in [-0.2, 0) is 0 Å². The molecular formula is C17H20N2O2. The summed E-state index contributed by atoms with van der Waals surface area (Å²) in [6.45, 7) is 2.23. The lowest BCUT2D eigenvalue weighted by molar-refractivity contribution is 0.0697. The van der Waals surface area contributed by atoms with E-state index < -0.39 is 5.97 Å². The van der Waals surface area contributed by atoms with Crippen LogP contribution < -0.4 is 0 Å². The minimum Gasteiger partial charge on any atom is -0.478 e. The highest BCUT2D eigenvalue weighted by atomic mass is 16.4. The van der Waals surface area contributed by atoms with E-state index in [0.717, 1.165) is 17.0 Å². The summed E-state index contributed by atoms with van der Waals surface area (Å²) in [5.74, 6) is 1.67. The van der Waals surface area contributed by atoms with Crippen molar-refractivity contribution in [2.24, 2.45) is 5.92 Å². The third kappa shape index (κ3) is 2.13. The Morgan fingerprint density at radius 3 is 2.90 bits per heavy atom. The van der Waals surface area contributed by atoms with Gasteiger partial charge in [0.05, 0.1) is 16.6 Å². The lowest BCUT2D eigenvalue weighted by Gasteiger charge is -2.08. The molecule has 1 N–H and O–H groups in total. The van der Waals surface area contributed by atoms with Crippen molar-refractivity contribution in [2.45, 2.75) is 51.0 Å². The molecule has 21 heavy (non-hydrogen) atoms. The molecule has 1 heterocycles. The van der Waals surface area contributed by atoms with Crippen molar-refractivity contribution in [2.75, 3.05) is 0 Å². The molecule has 0 radical (unpaired) electrons. The predicted octanol–water partition coefficient (Wildman–Crippen LogP) is 3.97. The fourth-order valence-electron chi connectivity index (χ4n) is 3.45. The van der Waals surface area contributed by atoms with E-state index in [1.807, 2.05) is 6.07 Å². The van der Waals surface area contributed by atoms with E-state index in [1.54, 1.807) is 12.1 Å². The smallest absolute Gasteiger partial charge is 0.335 e. The van der Waals surface area contributed by atoms with Gasteiger partial charge in [-0.3, -0.25) is 0 Å². The van der Waals surface area contributed by atoms with Crippen LogP contribution in [-0.4, -0.2) is 20.6 Å². The molecule has 2 aliphatic rings. The summed E-state index contributed by atoms with van der Waals surface area (Å²) in [5.41, 5.74) is 2.32. The number of carbonyl (C=O) groups is 1. The van der Waals surface area contributed by atoms with Gasteiger partial charge in [-0.25, -0.2) is 9.78 Å². The number of aromatic carboxylic acids is 1. The Hall–Kier alpha value is -1.84. The third-order valence-electron chi connectivity index (χ3n) is 4.78. The van der Waals surface area contributed by atoms with E-state index in [9.17, 15) is 9.90 Å². The highest BCUT2D eigenvalue weighted by Gasteiger charge is 2.42. The summed E-state index contributed by atoms with van der Waals surface area (Å²) in [7, 11) is 0. The average Bonchev–Trinajstić information content (AvgIpc) is 3.38. The van der Waals surface area contributed by atoms with E-state index in [2.05, 4.69) is 11.5 Å². The first-order valence-corrected chi connectivity index (χ1v) is 7.94. The van der Waals surface area contributed by atoms with Gasteiger partial charge in [0, 0.05) is 12.0 Å². The molecule has 0 spiro atoms. The summed E-state index contributed by atoms with van der Waals surface area (Å²) < 4.78 is 2.36. The summed E-state index contributed by atoms with van der Waals surface area (Å²) in [4.78, 5) is 16.0. The summed E-state index contributed by atoms with van der Waals surface area (Å²) in [6, 6.07) is 5.86. The molecule has 2 fully saturated rings. The van der Waals surface area contributed by atoms with Crippen LogP contribution in [0, 0.1) is 5.92 Å². The van der Waals surface area contributed by atoms with Crippen molar-refractivity contribution in [3.8, 4) is 0 Å². The highest BCUT2D eigenvalue weighted by molar-refractivity contribution is 5.92. The molecule has 2 aromatic rings. The molecule has 2 unspecified atom stereocenters. The molecule has 0 saturated heterocycles. The topological polar surface area (TPSA) is 55.1 Å². The van der Waals surface area contributed by atoms with Gasteiger partial charge in [0.25, 0.3) is 0 Å². The van der Waals surface area contributed by atoms with Crippen molar-refractivity contribution >= 4 is 17.0 Å². The van der Waals surface area contributed by atoms with Gasteiger partial charge >= 0.3 is 5.97 Å².